The normalized spacial score (nSPS) is 25.5. The predicted molar refractivity (Wildman–Crippen MR) is 68.5 cm³/mol. The molecule has 0 amide bonds. The van der Waals surface area contributed by atoms with Crippen molar-refractivity contribution in [2.75, 3.05) is 32.9 Å². The Morgan fingerprint density at radius 2 is 2.12 bits per heavy atom. The summed E-state index contributed by atoms with van der Waals surface area (Å²) in [6.45, 7) is 4.43. The molecule has 1 aromatic rings. The van der Waals surface area contributed by atoms with E-state index >= 15 is 0 Å². The lowest BCUT2D eigenvalue weighted by molar-refractivity contribution is 0.0258. The van der Waals surface area contributed by atoms with Gasteiger partial charge in [0.2, 0.25) is 0 Å². The van der Waals surface area contributed by atoms with E-state index in [1.807, 2.05) is 11.8 Å². The molecule has 2 saturated heterocycles. The zero-order valence-electron chi connectivity index (χ0n) is 9.72. The molecule has 3 nitrogen and oxygen atoms in total. The summed E-state index contributed by atoms with van der Waals surface area (Å²) < 4.78 is 11.1. The van der Waals surface area contributed by atoms with Gasteiger partial charge in [-0.15, -0.1) is 11.8 Å². The molecule has 0 radical (unpaired) electrons. The van der Waals surface area contributed by atoms with Gasteiger partial charge in [-0.25, -0.2) is 0 Å². The average Bonchev–Trinajstić information content (AvgIpc) is 2.35. The standard InChI is InChI=1S/C13H17NO2S/c1-2-4-13(17-10-8-15-9-10)11(3-1)12-7-14-5-6-16-12/h1-4,10,12,14H,5-9H2. The van der Waals surface area contributed by atoms with Crippen molar-refractivity contribution in [2.24, 2.45) is 0 Å². The average molecular weight is 251 g/mol. The Balaban J connectivity index is 1.76. The third-order valence-corrected chi connectivity index (χ3v) is 4.33. The molecule has 2 heterocycles. The fourth-order valence-electron chi connectivity index (χ4n) is 2.08. The topological polar surface area (TPSA) is 30.5 Å². The molecule has 0 bridgehead atoms. The highest BCUT2D eigenvalue weighted by Crippen LogP contribution is 2.34. The summed E-state index contributed by atoms with van der Waals surface area (Å²) in [5, 5.41) is 4.00. The van der Waals surface area contributed by atoms with Crippen LogP contribution in [0.3, 0.4) is 0 Å². The molecule has 1 N–H and O–H groups in total. The molecule has 0 aliphatic carbocycles. The molecule has 0 saturated carbocycles. The molecule has 92 valence electrons. The van der Waals surface area contributed by atoms with Gasteiger partial charge in [-0.3, -0.25) is 0 Å². The fourth-order valence-corrected chi connectivity index (χ4v) is 3.26. The molecular weight excluding hydrogens is 234 g/mol. The van der Waals surface area contributed by atoms with Gasteiger partial charge < -0.3 is 14.8 Å². The third-order valence-electron chi connectivity index (χ3n) is 3.09. The number of hydrogen-bond donors (Lipinski definition) is 1. The van der Waals surface area contributed by atoms with E-state index in [0.717, 1.165) is 32.9 Å². The van der Waals surface area contributed by atoms with Crippen LogP contribution in [-0.4, -0.2) is 38.2 Å². The fraction of sp³-hybridized carbons (Fsp3) is 0.538. The highest BCUT2D eigenvalue weighted by Gasteiger charge is 2.24. The van der Waals surface area contributed by atoms with E-state index in [-0.39, 0.29) is 6.10 Å². The third kappa shape index (κ3) is 2.65. The zero-order valence-corrected chi connectivity index (χ0v) is 10.5. The van der Waals surface area contributed by atoms with Crippen LogP contribution in [0, 0.1) is 0 Å². The van der Waals surface area contributed by atoms with Gasteiger partial charge >= 0.3 is 0 Å². The van der Waals surface area contributed by atoms with Crippen molar-refractivity contribution in [2.45, 2.75) is 16.2 Å². The Labute approximate surface area is 106 Å². The zero-order chi connectivity index (χ0) is 11.5. The first kappa shape index (κ1) is 11.5. The van der Waals surface area contributed by atoms with Crippen molar-refractivity contribution < 1.29 is 9.47 Å². The molecule has 2 aliphatic rings. The largest absolute Gasteiger partial charge is 0.379 e. The minimum absolute atomic E-state index is 0.202. The van der Waals surface area contributed by atoms with E-state index < -0.39 is 0 Å². The van der Waals surface area contributed by atoms with Crippen LogP contribution in [0.5, 0.6) is 0 Å². The van der Waals surface area contributed by atoms with Crippen LogP contribution in [0.2, 0.25) is 0 Å². The molecule has 3 rings (SSSR count). The van der Waals surface area contributed by atoms with E-state index in [1.54, 1.807) is 0 Å². The number of hydrogen-bond acceptors (Lipinski definition) is 4. The second kappa shape index (κ2) is 5.40. The molecule has 0 spiro atoms. The number of benzene rings is 1. The van der Waals surface area contributed by atoms with E-state index in [4.69, 9.17) is 9.47 Å². The molecule has 17 heavy (non-hydrogen) atoms. The SMILES string of the molecule is c1ccc(C2CNCCO2)c(SC2COC2)c1. The number of ether oxygens (including phenoxy) is 2. The Morgan fingerprint density at radius 3 is 2.82 bits per heavy atom. The lowest BCUT2D eigenvalue weighted by atomic mass is 10.1. The van der Waals surface area contributed by atoms with Crippen molar-refractivity contribution in [3.05, 3.63) is 29.8 Å². The van der Waals surface area contributed by atoms with Gasteiger partial charge in [-0.1, -0.05) is 18.2 Å². The molecule has 4 heteroatoms. The van der Waals surface area contributed by atoms with Crippen molar-refractivity contribution in [1.82, 2.24) is 5.32 Å². The van der Waals surface area contributed by atoms with Crippen LogP contribution < -0.4 is 5.32 Å². The Bertz CT molecular complexity index is 375. The maximum Gasteiger partial charge on any atom is 0.0960 e. The summed E-state index contributed by atoms with van der Waals surface area (Å²) in [5.74, 6) is 0. The molecule has 1 unspecified atom stereocenters. The van der Waals surface area contributed by atoms with Gasteiger partial charge in [-0.2, -0.15) is 0 Å². The molecule has 0 aromatic heterocycles. The van der Waals surface area contributed by atoms with Crippen LogP contribution >= 0.6 is 11.8 Å². The lowest BCUT2D eigenvalue weighted by Crippen LogP contribution is -2.34. The van der Waals surface area contributed by atoms with Crippen LogP contribution in [0.4, 0.5) is 0 Å². The Kier molecular flexibility index (Phi) is 3.66. The number of nitrogens with one attached hydrogen (secondary N) is 1. The minimum Gasteiger partial charge on any atom is -0.379 e. The first-order valence-electron chi connectivity index (χ1n) is 6.09. The Hall–Kier alpha value is -0.550. The summed E-state index contributed by atoms with van der Waals surface area (Å²) in [5.41, 5.74) is 1.32. The van der Waals surface area contributed by atoms with Gasteiger partial charge in [0.1, 0.15) is 0 Å². The summed E-state index contributed by atoms with van der Waals surface area (Å²) in [7, 11) is 0. The maximum absolute atomic E-state index is 5.83. The summed E-state index contributed by atoms with van der Waals surface area (Å²) >= 11 is 1.92. The first-order chi connectivity index (χ1) is 8.43. The van der Waals surface area contributed by atoms with Gasteiger partial charge in [0.25, 0.3) is 0 Å². The van der Waals surface area contributed by atoms with E-state index in [9.17, 15) is 0 Å². The van der Waals surface area contributed by atoms with Crippen LogP contribution in [0.25, 0.3) is 0 Å². The van der Waals surface area contributed by atoms with E-state index in [0.29, 0.717) is 5.25 Å². The quantitative estimate of drug-likeness (QED) is 0.888. The molecule has 2 fully saturated rings. The second-order valence-electron chi connectivity index (χ2n) is 4.38. The van der Waals surface area contributed by atoms with Crippen LogP contribution in [0.1, 0.15) is 11.7 Å². The monoisotopic (exact) mass is 251 g/mol. The van der Waals surface area contributed by atoms with Gasteiger partial charge in [0.15, 0.2) is 0 Å². The number of rotatable bonds is 3. The van der Waals surface area contributed by atoms with E-state index in [1.165, 1.54) is 10.5 Å². The number of morpholine rings is 1. The predicted octanol–water partition coefficient (Wildman–Crippen LogP) is 1.84. The Morgan fingerprint density at radius 1 is 1.24 bits per heavy atom. The van der Waals surface area contributed by atoms with E-state index in [2.05, 4.69) is 29.6 Å². The highest BCUT2D eigenvalue weighted by molar-refractivity contribution is 8.00. The molecule has 1 aromatic carbocycles. The molecule has 2 aliphatic heterocycles. The first-order valence-corrected chi connectivity index (χ1v) is 6.97. The maximum atomic E-state index is 5.83. The summed E-state index contributed by atoms with van der Waals surface area (Å²) in [6, 6.07) is 8.56. The van der Waals surface area contributed by atoms with Gasteiger partial charge in [0.05, 0.1) is 31.2 Å². The molecule has 1 atom stereocenters. The number of thioether (sulfide) groups is 1. The van der Waals surface area contributed by atoms with Crippen molar-refractivity contribution in [1.29, 1.82) is 0 Å². The van der Waals surface area contributed by atoms with Crippen LogP contribution in [0.15, 0.2) is 29.2 Å². The van der Waals surface area contributed by atoms with Crippen molar-refractivity contribution in [3.63, 3.8) is 0 Å². The second-order valence-corrected chi connectivity index (χ2v) is 5.72. The lowest BCUT2D eigenvalue weighted by Gasteiger charge is -2.29. The van der Waals surface area contributed by atoms with Crippen molar-refractivity contribution in [3.8, 4) is 0 Å². The highest BCUT2D eigenvalue weighted by atomic mass is 32.2. The van der Waals surface area contributed by atoms with Gasteiger partial charge in [0, 0.05) is 18.0 Å². The summed E-state index contributed by atoms with van der Waals surface area (Å²) in [4.78, 5) is 1.34. The summed E-state index contributed by atoms with van der Waals surface area (Å²) in [6.07, 6.45) is 0.202. The van der Waals surface area contributed by atoms with Crippen LogP contribution in [-0.2, 0) is 9.47 Å². The molecular formula is C13H17NO2S. The van der Waals surface area contributed by atoms with Gasteiger partial charge in [-0.05, 0) is 11.6 Å². The van der Waals surface area contributed by atoms with Crippen molar-refractivity contribution >= 4 is 11.8 Å². The minimum atomic E-state index is 0.202. The smallest absolute Gasteiger partial charge is 0.0960 e.